The van der Waals surface area contributed by atoms with Gasteiger partial charge >= 0.3 is 0 Å². The number of nitrogens with two attached hydrogens (primary N) is 1. The molecule has 0 bridgehead atoms. The molecule has 1 aromatic heterocycles. The molecule has 0 radical (unpaired) electrons. The van der Waals surface area contributed by atoms with Crippen molar-refractivity contribution in [2.75, 3.05) is 6.26 Å². The first-order valence-corrected chi connectivity index (χ1v) is 4.76. The van der Waals surface area contributed by atoms with E-state index in [2.05, 4.69) is 0 Å². The molecule has 0 saturated carbocycles. The third kappa shape index (κ3) is 2.73. The van der Waals surface area contributed by atoms with Gasteiger partial charge in [-0.3, -0.25) is 5.41 Å². The van der Waals surface area contributed by atoms with Crippen molar-refractivity contribution in [3.05, 3.63) is 17.0 Å². The van der Waals surface area contributed by atoms with Crippen molar-refractivity contribution < 1.29 is 0 Å². The minimum atomic E-state index is 0. The minimum Gasteiger partial charge on any atom is -0.383 e. The summed E-state index contributed by atoms with van der Waals surface area (Å²) in [6, 6.07) is 3.85. The second kappa shape index (κ2) is 4.64. The molecule has 11 heavy (non-hydrogen) atoms. The predicted molar refractivity (Wildman–Crippen MR) is 54.4 cm³/mol. The molecule has 0 fully saturated rings. The molecule has 2 nitrogen and oxygen atoms in total. The number of hydrogen-bond acceptors (Lipinski definition) is 3. The van der Waals surface area contributed by atoms with E-state index in [1.807, 2.05) is 18.4 Å². The Hall–Kier alpha value is -0.190. The Morgan fingerprint density at radius 3 is 2.55 bits per heavy atom. The van der Waals surface area contributed by atoms with E-state index in [0.717, 1.165) is 4.88 Å². The molecule has 1 rings (SSSR count). The average molecular weight is 209 g/mol. The van der Waals surface area contributed by atoms with Gasteiger partial charge in [-0.2, -0.15) is 0 Å². The standard InChI is InChI=1S/C6H8N2S2.ClH/c1-9-5-3-2-4(10-5)6(7)8;/h2-3H,1H3,(H3,7,8);1H. The van der Waals surface area contributed by atoms with Gasteiger partial charge in [-0.15, -0.1) is 35.5 Å². The highest BCUT2D eigenvalue weighted by molar-refractivity contribution is 8.00. The number of nitrogens with one attached hydrogen (secondary N) is 1. The Morgan fingerprint density at radius 1 is 1.64 bits per heavy atom. The first-order chi connectivity index (χ1) is 4.74. The van der Waals surface area contributed by atoms with Crippen LogP contribution in [-0.4, -0.2) is 12.1 Å². The van der Waals surface area contributed by atoms with Crippen LogP contribution in [0.5, 0.6) is 0 Å². The van der Waals surface area contributed by atoms with E-state index in [1.165, 1.54) is 4.21 Å². The third-order valence-electron chi connectivity index (χ3n) is 1.05. The van der Waals surface area contributed by atoms with Crippen LogP contribution in [0, 0.1) is 5.41 Å². The summed E-state index contributed by atoms with van der Waals surface area (Å²) in [6.45, 7) is 0. The number of hydrogen-bond donors (Lipinski definition) is 2. The van der Waals surface area contributed by atoms with Crippen LogP contribution in [0.1, 0.15) is 4.88 Å². The van der Waals surface area contributed by atoms with Gasteiger partial charge in [0.25, 0.3) is 0 Å². The van der Waals surface area contributed by atoms with Gasteiger partial charge in [0.1, 0.15) is 5.84 Å². The molecular weight excluding hydrogens is 200 g/mol. The van der Waals surface area contributed by atoms with E-state index in [9.17, 15) is 0 Å². The number of amidine groups is 1. The van der Waals surface area contributed by atoms with Gasteiger partial charge in [-0.1, -0.05) is 0 Å². The van der Waals surface area contributed by atoms with E-state index < -0.39 is 0 Å². The van der Waals surface area contributed by atoms with Crippen molar-refractivity contribution in [3.63, 3.8) is 0 Å². The lowest BCUT2D eigenvalue weighted by molar-refractivity contribution is 1.45. The molecule has 1 heterocycles. The van der Waals surface area contributed by atoms with Crippen LogP contribution in [0.3, 0.4) is 0 Å². The number of nitrogen functional groups attached to an aromatic ring is 1. The van der Waals surface area contributed by atoms with Gasteiger partial charge in [0, 0.05) is 0 Å². The fraction of sp³-hybridized carbons (Fsp3) is 0.167. The maximum atomic E-state index is 7.10. The summed E-state index contributed by atoms with van der Waals surface area (Å²) in [6.07, 6.45) is 2.01. The Bertz CT molecular complexity index is 246. The number of halogens is 1. The second-order valence-corrected chi connectivity index (χ2v) is 3.93. The molecule has 0 aromatic carbocycles. The maximum absolute atomic E-state index is 7.10. The molecule has 0 spiro atoms. The SMILES string of the molecule is CSc1ccc(C(=N)N)s1.Cl. The Labute approximate surface area is 80.1 Å². The summed E-state index contributed by atoms with van der Waals surface area (Å²) in [5, 5.41) is 7.10. The molecule has 62 valence electrons. The van der Waals surface area contributed by atoms with Crippen molar-refractivity contribution in [1.82, 2.24) is 0 Å². The van der Waals surface area contributed by atoms with Gasteiger partial charge in [0.05, 0.1) is 9.09 Å². The average Bonchev–Trinajstić information content (AvgIpc) is 2.34. The molecular formula is C6H9ClN2S2. The second-order valence-electron chi connectivity index (χ2n) is 1.74. The number of thiophene rings is 1. The van der Waals surface area contributed by atoms with Gasteiger partial charge < -0.3 is 5.73 Å². The van der Waals surface area contributed by atoms with Crippen molar-refractivity contribution in [2.45, 2.75) is 4.21 Å². The van der Waals surface area contributed by atoms with Crippen LogP contribution in [0.4, 0.5) is 0 Å². The maximum Gasteiger partial charge on any atom is 0.133 e. The summed E-state index contributed by atoms with van der Waals surface area (Å²) >= 11 is 3.23. The van der Waals surface area contributed by atoms with E-state index in [-0.39, 0.29) is 18.2 Å². The van der Waals surface area contributed by atoms with Gasteiger partial charge in [-0.25, -0.2) is 0 Å². The van der Waals surface area contributed by atoms with Gasteiger partial charge in [0.2, 0.25) is 0 Å². The topological polar surface area (TPSA) is 49.9 Å². The molecule has 0 saturated heterocycles. The summed E-state index contributed by atoms with van der Waals surface area (Å²) in [5.74, 6) is 0.158. The van der Waals surface area contributed by atoms with Crippen molar-refractivity contribution in [3.8, 4) is 0 Å². The van der Waals surface area contributed by atoms with Crippen LogP contribution < -0.4 is 5.73 Å². The fourth-order valence-corrected chi connectivity index (χ4v) is 1.98. The van der Waals surface area contributed by atoms with Gasteiger partial charge in [0.15, 0.2) is 0 Å². The molecule has 0 aliphatic carbocycles. The van der Waals surface area contributed by atoms with E-state index in [4.69, 9.17) is 11.1 Å². The molecule has 0 amide bonds. The van der Waals surface area contributed by atoms with E-state index >= 15 is 0 Å². The highest BCUT2D eigenvalue weighted by Crippen LogP contribution is 2.24. The quantitative estimate of drug-likeness (QED) is 0.445. The number of thioether (sulfide) groups is 1. The normalized spacial score (nSPS) is 8.82. The zero-order chi connectivity index (χ0) is 7.56. The molecule has 3 N–H and O–H groups in total. The Kier molecular flexibility index (Phi) is 4.56. The Morgan fingerprint density at radius 2 is 2.27 bits per heavy atom. The van der Waals surface area contributed by atoms with E-state index in [1.54, 1.807) is 23.1 Å². The Balaban J connectivity index is 0.000001000. The first kappa shape index (κ1) is 10.8. The molecule has 0 atom stereocenters. The largest absolute Gasteiger partial charge is 0.383 e. The smallest absolute Gasteiger partial charge is 0.133 e. The first-order valence-electron chi connectivity index (χ1n) is 2.72. The molecule has 0 aliphatic heterocycles. The zero-order valence-electron chi connectivity index (χ0n) is 5.96. The summed E-state index contributed by atoms with van der Waals surface area (Å²) in [4.78, 5) is 0.851. The molecule has 0 aliphatic rings. The lowest BCUT2D eigenvalue weighted by Crippen LogP contribution is -2.08. The lowest BCUT2D eigenvalue weighted by Gasteiger charge is -1.87. The van der Waals surface area contributed by atoms with Crippen molar-refractivity contribution in [1.29, 1.82) is 5.41 Å². The molecule has 5 heteroatoms. The minimum absolute atomic E-state index is 0. The van der Waals surface area contributed by atoms with Crippen LogP contribution in [0.25, 0.3) is 0 Å². The van der Waals surface area contributed by atoms with Crippen LogP contribution in [0.15, 0.2) is 16.3 Å². The van der Waals surface area contributed by atoms with Crippen LogP contribution in [0.2, 0.25) is 0 Å². The highest BCUT2D eigenvalue weighted by atomic mass is 35.5. The molecule has 1 aromatic rings. The molecule has 0 unspecified atom stereocenters. The highest BCUT2D eigenvalue weighted by Gasteiger charge is 1.99. The van der Waals surface area contributed by atoms with Gasteiger partial charge in [-0.05, 0) is 18.4 Å². The fourth-order valence-electron chi connectivity index (χ4n) is 0.575. The monoisotopic (exact) mass is 208 g/mol. The van der Waals surface area contributed by atoms with Crippen LogP contribution >= 0.6 is 35.5 Å². The lowest BCUT2D eigenvalue weighted by atomic mass is 10.4. The van der Waals surface area contributed by atoms with E-state index in [0.29, 0.717) is 0 Å². The summed E-state index contributed by atoms with van der Waals surface area (Å²) < 4.78 is 1.20. The van der Waals surface area contributed by atoms with Crippen molar-refractivity contribution >= 4 is 41.3 Å². The summed E-state index contributed by atoms with van der Waals surface area (Å²) in [5.41, 5.74) is 5.27. The zero-order valence-corrected chi connectivity index (χ0v) is 8.41. The summed E-state index contributed by atoms with van der Waals surface area (Å²) in [7, 11) is 0. The predicted octanol–water partition coefficient (Wildman–Crippen LogP) is 2.18. The van der Waals surface area contributed by atoms with Crippen molar-refractivity contribution in [2.24, 2.45) is 5.73 Å². The third-order valence-corrected chi connectivity index (χ3v) is 3.25. The van der Waals surface area contributed by atoms with Crippen LogP contribution in [-0.2, 0) is 0 Å². The number of rotatable bonds is 2.